The Bertz CT molecular complexity index is 1190. The van der Waals surface area contributed by atoms with Crippen LogP contribution in [0.25, 0.3) is 0 Å². The molecule has 1 unspecified atom stereocenters. The fraction of sp³-hybridized carbons (Fsp3) is 0.240. The first-order chi connectivity index (χ1) is 14.7. The van der Waals surface area contributed by atoms with E-state index in [1.165, 1.54) is 23.3 Å². The van der Waals surface area contributed by atoms with Crippen LogP contribution in [-0.2, 0) is 10.0 Å². The minimum Gasteiger partial charge on any atom is -0.345 e. The molecule has 5 nitrogen and oxygen atoms in total. The van der Waals surface area contributed by atoms with Crippen molar-refractivity contribution in [1.29, 1.82) is 0 Å². The first-order valence-corrected chi connectivity index (χ1v) is 11.8. The molecule has 1 amide bonds. The van der Waals surface area contributed by atoms with Crippen molar-refractivity contribution in [2.45, 2.75) is 45.1 Å². The summed E-state index contributed by atoms with van der Waals surface area (Å²) in [6.45, 7) is 7.94. The zero-order chi connectivity index (χ0) is 22.6. The van der Waals surface area contributed by atoms with E-state index in [1.807, 2.05) is 13.0 Å². The molecule has 0 radical (unpaired) electrons. The van der Waals surface area contributed by atoms with Crippen LogP contribution >= 0.6 is 0 Å². The number of anilines is 1. The van der Waals surface area contributed by atoms with E-state index in [-0.39, 0.29) is 16.8 Å². The van der Waals surface area contributed by atoms with Gasteiger partial charge >= 0.3 is 0 Å². The second-order valence-corrected chi connectivity index (χ2v) is 9.41. The van der Waals surface area contributed by atoms with Gasteiger partial charge < -0.3 is 5.32 Å². The fourth-order valence-electron chi connectivity index (χ4n) is 3.37. The van der Waals surface area contributed by atoms with E-state index in [0.717, 1.165) is 12.0 Å². The van der Waals surface area contributed by atoms with Crippen LogP contribution in [0.1, 0.15) is 52.0 Å². The van der Waals surface area contributed by atoms with Crippen LogP contribution in [0.4, 0.5) is 5.69 Å². The van der Waals surface area contributed by atoms with E-state index in [0.29, 0.717) is 16.8 Å². The number of sulfonamides is 1. The number of carbonyl (C=O) groups excluding carboxylic acids is 1. The molecule has 0 saturated heterocycles. The van der Waals surface area contributed by atoms with Crippen molar-refractivity contribution in [3.63, 3.8) is 0 Å². The van der Waals surface area contributed by atoms with Crippen LogP contribution in [0.15, 0.2) is 71.6 Å². The predicted molar refractivity (Wildman–Crippen MR) is 125 cm³/mol. The van der Waals surface area contributed by atoms with Crippen LogP contribution in [0.2, 0.25) is 0 Å². The second-order valence-electron chi connectivity index (χ2n) is 7.73. The minimum absolute atomic E-state index is 0.0941. The van der Waals surface area contributed by atoms with E-state index in [9.17, 15) is 13.2 Å². The zero-order valence-electron chi connectivity index (χ0n) is 18.3. The molecule has 0 aliphatic carbocycles. The number of carbonyl (C=O) groups is 1. The highest BCUT2D eigenvalue weighted by Gasteiger charge is 2.18. The monoisotopic (exact) mass is 436 g/mol. The Labute approximate surface area is 184 Å². The van der Waals surface area contributed by atoms with Gasteiger partial charge in [-0.2, -0.15) is 0 Å². The molecule has 31 heavy (non-hydrogen) atoms. The van der Waals surface area contributed by atoms with Crippen LogP contribution in [0.5, 0.6) is 0 Å². The number of rotatable bonds is 7. The molecule has 0 bridgehead atoms. The second kappa shape index (κ2) is 9.35. The molecule has 2 N–H and O–H groups in total. The van der Waals surface area contributed by atoms with Crippen molar-refractivity contribution in [3.8, 4) is 0 Å². The van der Waals surface area contributed by atoms with E-state index < -0.39 is 10.0 Å². The summed E-state index contributed by atoms with van der Waals surface area (Å²) in [5, 5.41) is 3.09. The smallest absolute Gasteiger partial charge is 0.261 e. The summed E-state index contributed by atoms with van der Waals surface area (Å²) in [5.74, 6) is -0.189. The number of amides is 1. The molecule has 3 aromatic rings. The van der Waals surface area contributed by atoms with Crippen LogP contribution < -0.4 is 10.0 Å². The van der Waals surface area contributed by atoms with Gasteiger partial charge in [0, 0.05) is 5.56 Å². The largest absolute Gasteiger partial charge is 0.345 e. The lowest BCUT2D eigenvalue weighted by Gasteiger charge is -2.19. The highest BCUT2D eigenvalue weighted by molar-refractivity contribution is 7.92. The van der Waals surface area contributed by atoms with E-state index in [2.05, 4.69) is 36.0 Å². The van der Waals surface area contributed by atoms with E-state index >= 15 is 0 Å². The van der Waals surface area contributed by atoms with Gasteiger partial charge in [0.05, 0.1) is 16.6 Å². The molecule has 0 spiro atoms. The Kier molecular flexibility index (Phi) is 6.81. The lowest BCUT2D eigenvalue weighted by Crippen LogP contribution is -2.28. The molecule has 0 fully saturated rings. The molecule has 162 valence electrons. The van der Waals surface area contributed by atoms with Gasteiger partial charge in [0.1, 0.15) is 0 Å². The summed E-state index contributed by atoms with van der Waals surface area (Å²) in [6, 6.07) is 19.3. The van der Waals surface area contributed by atoms with Crippen molar-refractivity contribution >= 4 is 21.6 Å². The highest BCUT2D eigenvalue weighted by Crippen LogP contribution is 2.23. The molecule has 6 heteroatoms. The van der Waals surface area contributed by atoms with Gasteiger partial charge in [-0.3, -0.25) is 9.52 Å². The quantitative estimate of drug-likeness (QED) is 0.528. The first kappa shape index (κ1) is 22.6. The predicted octanol–water partition coefficient (Wildman–Crippen LogP) is 5.29. The average molecular weight is 437 g/mol. The fourth-order valence-corrected chi connectivity index (χ4v) is 4.52. The Morgan fingerprint density at radius 2 is 1.58 bits per heavy atom. The lowest BCUT2D eigenvalue weighted by atomic mass is 9.99. The molecule has 3 aromatic carbocycles. The van der Waals surface area contributed by atoms with Crippen LogP contribution in [0.3, 0.4) is 0 Å². The maximum absolute atomic E-state index is 12.9. The summed E-state index contributed by atoms with van der Waals surface area (Å²) < 4.78 is 27.7. The van der Waals surface area contributed by atoms with Crippen molar-refractivity contribution in [2.24, 2.45) is 0 Å². The molecule has 0 aliphatic heterocycles. The summed E-state index contributed by atoms with van der Waals surface area (Å²) in [7, 11) is -3.69. The normalized spacial score (nSPS) is 12.3. The van der Waals surface area contributed by atoms with Gasteiger partial charge in [-0.25, -0.2) is 8.42 Å². The lowest BCUT2D eigenvalue weighted by molar-refractivity contribution is 0.0935. The molecular formula is C25H28N2O3S. The van der Waals surface area contributed by atoms with Gasteiger partial charge in [-0.05, 0) is 79.8 Å². The van der Waals surface area contributed by atoms with Gasteiger partial charge in [-0.1, -0.05) is 43.3 Å². The van der Waals surface area contributed by atoms with E-state index in [1.54, 1.807) is 43.3 Å². The maximum atomic E-state index is 12.9. The highest BCUT2D eigenvalue weighted by atomic mass is 32.2. The van der Waals surface area contributed by atoms with Crippen molar-refractivity contribution in [1.82, 2.24) is 5.32 Å². The average Bonchev–Trinajstić information content (AvgIpc) is 2.75. The molecule has 0 saturated carbocycles. The first-order valence-electron chi connectivity index (χ1n) is 10.3. The summed E-state index contributed by atoms with van der Waals surface area (Å²) in [6.07, 6.45) is 0.766. The SMILES string of the molecule is CCC(NC(=O)c1ccc(NS(=O)(=O)c2ccccc2)c(C)c1)c1ccc(C)c(C)c1. The van der Waals surface area contributed by atoms with Gasteiger partial charge in [0.15, 0.2) is 0 Å². The maximum Gasteiger partial charge on any atom is 0.261 e. The number of benzene rings is 3. The number of hydrogen-bond acceptors (Lipinski definition) is 3. The van der Waals surface area contributed by atoms with Crippen LogP contribution in [0, 0.1) is 20.8 Å². The summed E-state index contributed by atoms with van der Waals surface area (Å²) in [5.41, 5.74) is 5.09. The van der Waals surface area contributed by atoms with Crippen molar-refractivity contribution in [2.75, 3.05) is 4.72 Å². The topological polar surface area (TPSA) is 75.3 Å². The number of nitrogens with one attached hydrogen (secondary N) is 2. The van der Waals surface area contributed by atoms with Crippen LogP contribution in [-0.4, -0.2) is 14.3 Å². The molecule has 0 heterocycles. The third-order valence-corrected chi connectivity index (χ3v) is 6.81. The zero-order valence-corrected chi connectivity index (χ0v) is 19.1. The van der Waals surface area contributed by atoms with Gasteiger partial charge in [0.25, 0.3) is 15.9 Å². The van der Waals surface area contributed by atoms with Gasteiger partial charge in [-0.15, -0.1) is 0 Å². The standard InChI is InChI=1S/C25H28N2O3S/c1-5-23(20-12-11-17(2)18(3)15-20)26-25(28)21-13-14-24(19(4)16-21)27-31(29,30)22-9-7-6-8-10-22/h6-16,23,27H,5H2,1-4H3,(H,26,28). The van der Waals surface area contributed by atoms with Crippen molar-refractivity contribution in [3.05, 3.63) is 94.5 Å². The molecular weight excluding hydrogens is 408 g/mol. The minimum atomic E-state index is -3.69. The third kappa shape index (κ3) is 5.33. The Hall–Kier alpha value is -3.12. The molecule has 3 rings (SSSR count). The number of aryl methyl sites for hydroxylation is 3. The van der Waals surface area contributed by atoms with E-state index in [4.69, 9.17) is 0 Å². The Morgan fingerprint density at radius 1 is 0.871 bits per heavy atom. The van der Waals surface area contributed by atoms with Gasteiger partial charge in [0.2, 0.25) is 0 Å². The van der Waals surface area contributed by atoms with Crippen molar-refractivity contribution < 1.29 is 13.2 Å². The summed E-state index contributed by atoms with van der Waals surface area (Å²) in [4.78, 5) is 13.0. The molecule has 0 aliphatic rings. The molecule has 0 aromatic heterocycles. The Balaban J connectivity index is 1.77. The number of hydrogen-bond donors (Lipinski definition) is 2. The third-order valence-electron chi connectivity index (χ3n) is 5.43. The summed E-state index contributed by atoms with van der Waals surface area (Å²) >= 11 is 0. The Morgan fingerprint density at radius 3 is 2.19 bits per heavy atom. The molecule has 1 atom stereocenters.